The van der Waals surface area contributed by atoms with Gasteiger partial charge in [-0.3, -0.25) is 4.79 Å². The molecule has 0 bridgehead atoms. The van der Waals surface area contributed by atoms with Crippen LogP contribution in [0.1, 0.15) is 28.2 Å². The molecule has 2 aromatic heterocycles. The van der Waals surface area contributed by atoms with Gasteiger partial charge in [0.05, 0.1) is 16.8 Å². The summed E-state index contributed by atoms with van der Waals surface area (Å²) in [6.45, 7) is 10.2. The van der Waals surface area contributed by atoms with Crippen LogP contribution in [-0.2, 0) is 17.8 Å². The molecule has 0 aliphatic rings. The first kappa shape index (κ1) is 20.4. The number of aromatic nitrogens is 3. The predicted octanol–water partition coefficient (Wildman–Crippen LogP) is 4.65. The maximum Gasteiger partial charge on any atom is 0.175 e. The highest BCUT2D eigenvalue weighted by Gasteiger charge is 2.18. The summed E-state index contributed by atoms with van der Waals surface area (Å²) in [7, 11) is 1.71. The monoisotopic (exact) mass is 397 g/mol. The molecule has 0 radical (unpaired) electrons. The van der Waals surface area contributed by atoms with Crippen LogP contribution in [0.2, 0.25) is 0 Å². The van der Waals surface area contributed by atoms with Gasteiger partial charge in [0.25, 0.3) is 0 Å². The van der Waals surface area contributed by atoms with Gasteiger partial charge in [-0.1, -0.05) is 30.0 Å². The lowest BCUT2D eigenvalue weighted by atomic mass is 10.2. The number of para-hydroxylation sites is 2. The highest BCUT2D eigenvalue weighted by molar-refractivity contribution is 7.99. The molecule has 5 nitrogen and oxygen atoms in total. The Kier molecular flexibility index (Phi) is 6.75. The number of hydrogen-bond acceptors (Lipinski definition) is 4. The summed E-state index contributed by atoms with van der Waals surface area (Å²) in [6, 6.07) is 10.0. The van der Waals surface area contributed by atoms with Crippen molar-refractivity contribution in [3.63, 3.8) is 0 Å². The third-order valence-corrected chi connectivity index (χ3v) is 5.84. The number of carbonyl (C=O) groups excluding carboxylic acids is 1. The van der Waals surface area contributed by atoms with Crippen molar-refractivity contribution in [3.8, 4) is 0 Å². The van der Waals surface area contributed by atoms with Gasteiger partial charge in [-0.15, -0.1) is 6.58 Å². The average molecular weight is 398 g/mol. The number of benzene rings is 1. The van der Waals surface area contributed by atoms with Gasteiger partial charge in [0, 0.05) is 43.8 Å². The molecule has 28 heavy (non-hydrogen) atoms. The van der Waals surface area contributed by atoms with Crippen LogP contribution in [0.3, 0.4) is 0 Å². The molecular weight excluding hydrogens is 370 g/mol. The molecule has 0 unspecified atom stereocenters. The van der Waals surface area contributed by atoms with E-state index in [2.05, 4.69) is 15.7 Å². The minimum absolute atomic E-state index is 0.133. The third-order valence-electron chi connectivity index (χ3n) is 4.87. The summed E-state index contributed by atoms with van der Waals surface area (Å²) in [4.78, 5) is 17.6. The number of aryl methyl sites for hydroxylation is 1. The smallest absolute Gasteiger partial charge is 0.175 e. The van der Waals surface area contributed by atoms with Crippen LogP contribution in [0.4, 0.5) is 0 Å². The van der Waals surface area contributed by atoms with E-state index in [4.69, 9.17) is 9.72 Å². The highest BCUT2D eigenvalue weighted by atomic mass is 32.2. The first-order valence-corrected chi connectivity index (χ1v) is 10.4. The first-order valence-electron chi connectivity index (χ1n) is 9.44. The van der Waals surface area contributed by atoms with Gasteiger partial charge in [0.1, 0.15) is 0 Å². The Morgan fingerprint density at radius 2 is 2.07 bits per heavy atom. The Balaban J connectivity index is 1.76. The summed E-state index contributed by atoms with van der Waals surface area (Å²) in [6.07, 6.45) is 2.79. The lowest BCUT2D eigenvalue weighted by Crippen LogP contribution is -2.08. The molecular formula is C22H27N3O2S. The molecule has 0 saturated heterocycles. The zero-order chi connectivity index (χ0) is 20.1. The quantitative estimate of drug-likeness (QED) is 0.216. The molecule has 0 spiro atoms. The molecule has 0 saturated carbocycles. The van der Waals surface area contributed by atoms with E-state index in [0.717, 1.165) is 52.7 Å². The Labute approximate surface area is 170 Å². The largest absolute Gasteiger partial charge is 0.385 e. The van der Waals surface area contributed by atoms with Crippen molar-refractivity contribution in [1.82, 2.24) is 14.1 Å². The Morgan fingerprint density at radius 1 is 1.29 bits per heavy atom. The predicted molar refractivity (Wildman–Crippen MR) is 115 cm³/mol. The highest BCUT2D eigenvalue weighted by Crippen LogP contribution is 2.26. The fourth-order valence-electron chi connectivity index (χ4n) is 3.47. The third kappa shape index (κ3) is 4.23. The number of methoxy groups -OCH3 is 1. The first-order chi connectivity index (χ1) is 13.6. The number of nitrogens with zero attached hydrogens (tertiary/aromatic N) is 3. The van der Waals surface area contributed by atoms with Crippen molar-refractivity contribution in [2.75, 3.05) is 19.5 Å². The van der Waals surface area contributed by atoms with Crippen LogP contribution >= 0.6 is 11.8 Å². The topological polar surface area (TPSA) is 49.0 Å². The Morgan fingerprint density at radius 3 is 2.82 bits per heavy atom. The second-order valence-corrected chi connectivity index (χ2v) is 7.72. The fourth-order valence-corrected chi connectivity index (χ4v) is 4.38. The normalized spacial score (nSPS) is 11.2. The molecule has 2 heterocycles. The van der Waals surface area contributed by atoms with Gasteiger partial charge < -0.3 is 13.9 Å². The number of allylic oxidation sites excluding steroid dienone is 1. The number of Topliss-reactive ketones (excluding diaryl/α,β-unsaturated/α-hetero) is 1. The molecule has 1 aromatic carbocycles. The number of ether oxygens (including phenoxy) is 1. The summed E-state index contributed by atoms with van der Waals surface area (Å²) < 4.78 is 9.44. The molecule has 148 valence electrons. The lowest BCUT2D eigenvalue weighted by molar-refractivity contribution is 0.102. The maximum atomic E-state index is 12.9. The molecule has 0 atom stereocenters. The summed E-state index contributed by atoms with van der Waals surface area (Å²) in [5.41, 5.74) is 4.94. The molecule has 0 amide bonds. The molecule has 0 N–H and O–H groups in total. The van der Waals surface area contributed by atoms with Crippen molar-refractivity contribution in [2.24, 2.45) is 0 Å². The number of thioether (sulfide) groups is 1. The second kappa shape index (κ2) is 9.26. The summed E-state index contributed by atoms with van der Waals surface area (Å²) >= 11 is 1.49. The van der Waals surface area contributed by atoms with Gasteiger partial charge >= 0.3 is 0 Å². The van der Waals surface area contributed by atoms with Gasteiger partial charge in [-0.05, 0) is 38.5 Å². The van der Waals surface area contributed by atoms with E-state index in [1.54, 1.807) is 7.11 Å². The van der Waals surface area contributed by atoms with Gasteiger partial charge in [0.15, 0.2) is 10.9 Å². The molecule has 0 aliphatic heterocycles. The standard InChI is InChI=1S/C22H27N3O2S/c1-5-11-25-20-10-7-6-9-19(20)23-22(25)28-15-21(26)18-14-16(2)24(17(18)3)12-8-13-27-4/h5-7,9-10,14H,1,8,11-13,15H2,2-4H3. The van der Waals surface area contributed by atoms with E-state index in [0.29, 0.717) is 12.3 Å². The van der Waals surface area contributed by atoms with E-state index in [1.807, 2.05) is 50.3 Å². The SMILES string of the molecule is C=CCn1c(SCC(=O)c2cc(C)n(CCCOC)c2C)nc2ccccc21. The molecule has 3 rings (SSSR count). The molecule has 6 heteroatoms. The zero-order valence-electron chi connectivity index (χ0n) is 16.8. The molecule has 0 fully saturated rings. The summed E-state index contributed by atoms with van der Waals surface area (Å²) in [5.74, 6) is 0.497. The van der Waals surface area contributed by atoms with E-state index in [-0.39, 0.29) is 5.78 Å². The van der Waals surface area contributed by atoms with Crippen molar-refractivity contribution in [2.45, 2.75) is 38.5 Å². The van der Waals surface area contributed by atoms with Crippen LogP contribution in [-0.4, -0.2) is 39.4 Å². The van der Waals surface area contributed by atoms with Crippen molar-refractivity contribution in [1.29, 1.82) is 0 Å². The molecule has 0 aliphatic carbocycles. The molecule has 3 aromatic rings. The summed E-state index contributed by atoms with van der Waals surface area (Å²) in [5, 5.41) is 0.850. The van der Waals surface area contributed by atoms with Crippen LogP contribution in [0.25, 0.3) is 11.0 Å². The number of ketones is 1. The van der Waals surface area contributed by atoms with Crippen LogP contribution in [0.15, 0.2) is 48.1 Å². The lowest BCUT2D eigenvalue weighted by Gasteiger charge is -2.09. The number of carbonyl (C=O) groups is 1. The van der Waals surface area contributed by atoms with Gasteiger partial charge in [-0.25, -0.2) is 4.98 Å². The van der Waals surface area contributed by atoms with Gasteiger partial charge in [-0.2, -0.15) is 0 Å². The Bertz CT molecular complexity index is 987. The number of hydrogen-bond donors (Lipinski definition) is 0. The van der Waals surface area contributed by atoms with E-state index < -0.39 is 0 Å². The van der Waals surface area contributed by atoms with Crippen LogP contribution in [0.5, 0.6) is 0 Å². The van der Waals surface area contributed by atoms with Crippen molar-refractivity contribution < 1.29 is 9.53 Å². The minimum Gasteiger partial charge on any atom is -0.385 e. The van der Waals surface area contributed by atoms with Crippen molar-refractivity contribution in [3.05, 3.63) is 59.9 Å². The average Bonchev–Trinajstić information content (AvgIpc) is 3.18. The van der Waals surface area contributed by atoms with Crippen LogP contribution < -0.4 is 0 Å². The Hall–Kier alpha value is -2.31. The van der Waals surface area contributed by atoms with Crippen molar-refractivity contribution >= 4 is 28.6 Å². The number of rotatable bonds is 10. The van der Waals surface area contributed by atoms with E-state index in [1.165, 1.54) is 11.8 Å². The van der Waals surface area contributed by atoms with Crippen LogP contribution in [0, 0.1) is 13.8 Å². The minimum atomic E-state index is 0.133. The number of imidazole rings is 1. The zero-order valence-corrected chi connectivity index (χ0v) is 17.6. The van der Waals surface area contributed by atoms with E-state index >= 15 is 0 Å². The second-order valence-electron chi connectivity index (χ2n) is 6.78. The van der Waals surface area contributed by atoms with E-state index in [9.17, 15) is 4.79 Å². The number of fused-ring (bicyclic) bond motifs is 1. The maximum absolute atomic E-state index is 12.9. The fraction of sp³-hybridized carbons (Fsp3) is 0.364. The van der Waals surface area contributed by atoms with Gasteiger partial charge in [0.2, 0.25) is 0 Å².